The van der Waals surface area contributed by atoms with Crippen LogP contribution in [-0.2, 0) is 4.84 Å². The van der Waals surface area contributed by atoms with Crippen molar-refractivity contribution in [2.75, 3.05) is 24.8 Å². The van der Waals surface area contributed by atoms with Gasteiger partial charge in [0.25, 0.3) is 0 Å². The fourth-order valence-corrected chi connectivity index (χ4v) is 1.74. The highest BCUT2D eigenvalue weighted by molar-refractivity contribution is 5.36. The van der Waals surface area contributed by atoms with Gasteiger partial charge < -0.3 is 5.32 Å². The van der Waals surface area contributed by atoms with Crippen LogP contribution in [0, 0.1) is 13.8 Å². The summed E-state index contributed by atoms with van der Waals surface area (Å²) in [5, 5.41) is 5.21. The molecule has 1 aliphatic heterocycles. The van der Waals surface area contributed by atoms with Crippen molar-refractivity contribution in [3.8, 4) is 0 Å². The maximum atomic E-state index is 5.69. The van der Waals surface area contributed by atoms with Crippen LogP contribution in [0.15, 0.2) is 6.07 Å². The Morgan fingerprint density at radius 1 is 1.44 bits per heavy atom. The van der Waals surface area contributed by atoms with E-state index in [9.17, 15) is 0 Å². The maximum Gasteiger partial charge on any atom is 0.156 e. The van der Waals surface area contributed by atoms with Crippen molar-refractivity contribution >= 4 is 5.82 Å². The lowest BCUT2D eigenvalue weighted by molar-refractivity contribution is 0.109. The van der Waals surface area contributed by atoms with Gasteiger partial charge in [-0.25, -0.2) is 15.0 Å². The van der Waals surface area contributed by atoms with Gasteiger partial charge in [-0.05, 0) is 20.8 Å². The molecule has 0 spiro atoms. The number of rotatable bonds is 1. The minimum atomic E-state index is 0.383. The molecule has 1 N–H and O–H groups in total. The zero-order valence-corrected chi connectivity index (χ0v) is 10.0. The molecule has 1 fully saturated rings. The highest BCUT2D eigenvalue weighted by atomic mass is 16.7. The van der Waals surface area contributed by atoms with Crippen molar-refractivity contribution in [3.63, 3.8) is 0 Å². The van der Waals surface area contributed by atoms with Crippen molar-refractivity contribution in [1.82, 2.24) is 15.3 Å². The third-order valence-electron chi connectivity index (χ3n) is 2.50. The topological polar surface area (TPSA) is 50.3 Å². The molecule has 0 saturated carbocycles. The SMILES string of the molecule is Cc1cc(N2CCN[C@H](C)CO2)nc(C)n1. The monoisotopic (exact) mass is 222 g/mol. The summed E-state index contributed by atoms with van der Waals surface area (Å²) in [5.74, 6) is 1.63. The molecule has 0 radical (unpaired) electrons. The van der Waals surface area contributed by atoms with E-state index in [-0.39, 0.29) is 0 Å². The van der Waals surface area contributed by atoms with Gasteiger partial charge in [-0.1, -0.05) is 0 Å². The van der Waals surface area contributed by atoms with E-state index < -0.39 is 0 Å². The maximum absolute atomic E-state index is 5.69. The van der Waals surface area contributed by atoms with Gasteiger partial charge in [0.2, 0.25) is 0 Å². The predicted molar refractivity (Wildman–Crippen MR) is 62.3 cm³/mol. The normalized spacial score (nSPS) is 21.9. The third-order valence-corrected chi connectivity index (χ3v) is 2.50. The van der Waals surface area contributed by atoms with Gasteiger partial charge in [-0.2, -0.15) is 0 Å². The molecule has 0 bridgehead atoms. The van der Waals surface area contributed by atoms with E-state index in [0.29, 0.717) is 12.6 Å². The number of hydrogen-bond donors (Lipinski definition) is 1. The number of hydroxylamine groups is 1. The lowest BCUT2D eigenvalue weighted by Gasteiger charge is -2.20. The van der Waals surface area contributed by atoms with Gasteiger partial charge in [0.1, 0.15) is 5.82 Å². The van der Waals surface area contributed by atoms with Crippen LogP contribution in [0.25, 0.3) is 0 Å². The number of nitrogens with zero attached hydrogens (tertiary/aromatic N) is 3. The van der Waals surface area contributed by atoms with Gasteiger partial charge in [0.15, 0.2) is 5.82 Å². The molecule has 2 heterocycles. The molecule has 5 heteroatoms. The Labute approximate surface area is 95.8 Å². The first kappa shape index (κ1) is 11.3. The summed E-state index contributed by atoms with van der Waals surface area (Å²) in [7, 11) is 0. The van der Waals surface area contributed by atoms with Gasteiger partial charge in [0, 0.05) is 24.3 Å². The average Bonchev–Trinajstić information content (AvgIpc) is 2.41. The molecule has 1 saturated heterocycles. The molecule has 88 valence electrons. The van der Waals surface area contributed by atoms with Crippen molar-refractivity contribution in [3.05, 3.63) is 17.6 Å². The standard InChI is InChI=1S/C11H18N4O/c1-8-6-11(14-10(3)13-8)15-5-4-12-9(2)7-16-15/h6,9,12H,4-5,7H2,1-3H3/t9-/m1/s1. The third kappa shape index (κ3) is 2.68. The number of anilines is 1. The number of aryl methyl sites for hydroxylation is 2. The summed E-state index contributed by atoms with van der Waals surface area (Å²) < 4.78 is 0. The number of aromatic nitrogens is 2. The molecule has 0 aromatic carbocycles. The zero-order valence-electron chi connectivity index (χ0n) is 10.0. The average molecular weight is 222 g/mol. The molecule has 0 unspecified atom stereocenters. The van der Waals surface area contributed by atoms with Crippen molar-refractivity contribution in [2.24, 2.45) is 0 Å². The molecule has 1 aromatic rings. The van der Waals surface area contributed by atoms with E-state index in [1.807, 2.05) is 25.0 Å². The Balaban J connectivity index is 2.16. The fraction of sp³-hybridized carbons (Fsp3) is 0.636. The Hall–Kier alpha value is -1.20. The molecule has 2 rings (SSSR count). The summed E-state index contributed by atoms with van der Waals surface area (Å²) in [5.41, 5.74) is 0.969. The first-order valence-electron chi connectivity index (χ1n) is 5.61. The smallest absolute Gasteiger partial charge is 0.156 e. The molecule has 1 atom stereocenters. The molecule has 0 aliphatic carbocycles. The van der Waals surface area contributed by atoms with Gasteiger partial charge in [-0.15, -0.1) is 0 Å². The molecular formula is C11H18N4O. The highest BCUT2D eigenvalue weighted by Crippen LogP contribution is 2.13. The van der Waals surface area contributed by atoms with Crippen LogP contribution in [-0.4, -0.2) is 35.7 Å². The van der Waals surface area contributed by atoms with Crippen LogP contribution in [0.2, 0.25) is 0 Å². The highest BCUT2D eigenvalue weighted by Gasteiger charge is 2.15. The first-order valence-corrected chi connectivity index (χ1v) is 5.61. The van der Waals surface area contributed by atoms with Gasteiger partial charge in [0.05, 0.1) is 13.2 Å². The molecule has 5 nitrogen and oxygen atoms in total. The molecule has 1 aliphatic rings. The molecule has 1 aromatic heterocycles. The minimum absolute atomic E-state index is 0.383. The lowest BCUT2D eigenvalue weighted by Crippen LogP contribution is -2.29. The van der Waals surface area contributed by atoms with Crippen LogP contribution in [0.5, 0.6) is 0 Å². The minimum Gasteiger partial charge on any atom is -0.310 e. The molecule has 16 heavy (non-hydrogen) atoms. The van der Waals surface area contributed by atoms with Crippen LogP contribution in [0.3, 0.4) is 0 Å². The first-order chi connectivity index (χ1) is 7.65. The summed E-state index contributed by atoms with van der Waals surface area (Å²) >= 11 is 0. The van der Waals surface area contributed by atoms with E-state index >= 15 is 0 Å². The summed E-state index contributed by atoms with van der Waals surface area (Å²) in [4.78, 5) is 14.3. The number of hydrogen-bond acceptors (Lipinski definition) is 5. The summed E-state index contributed by atoms with van der Waals surface area (Å²) in [6.45, 7) is 8.36. The molecule has 0 amide bonds. The largest absolute Gasteiger partial charge is 0.310 e. The van der Waals surface area contributed by atoms with Gasteiger partial charge in [-0.3, -0.25) is 4.84 Å². The van der Waals surface area contributed by atoms with E-state index in [1.54, 1.807) is 0 Å². The Morgan fingerprint density at radius 3 is 3.00 bits per heavy atom. The predicted octanol–water partition coefficient (Wildman–Crippen LogP) is 0.823. The Kier molecular flexibility index (Phi) is 3.36. The van der Waals surface area contributed by atoms with E-state index in [4.69, 9.17) is 4.84 Å². The second kappa shape index (κ2) is 4.76. The van der Waals surface area contributed by atoms with E-state index in [2.05, 4.69) is 22.2 Å². The lowest BCUT2D eigenvalue weighted by atomic mass is 10.4. The summed E-state index contributed by atoms with van der Waals surface area (Å²) in [6.07, 6.45) is 0. The second-order valence-corrected chi connectivity index (χ2v) is 4.17. The van der Waals surface area contributed by atoms with Crippen molar-refractivity contribution in [1.29, 1.82) is 0 Å². The van der Waals surface area contributed by atoms with Crippen LogP contribution in [0.1, 0.15) is 18.4 Å². The van der Waals surface area contributed by atoms with E-state index in [1.165, 1.54) is 0 Å². The molecular weight excluding hydrogens is 204 g/mol. The summed E-state index contributed by atoms with van der Waals surface area (Å²) in [6, 6.07) is 2.33. The fourth-order valence-electron chi connectivity index (χ4n) is 1.74. The Morgan fingerprint density at radius 2 is 2.25 bits per heavy atom. The number of nitrogens with one attached hydrogen (secondary N) is 1. The van der Waals surface area contributed by atoms with Crippen LogP contribution >= 0.6 is 0 Å². The van der Waals surface area contributed by atoms with Crippen molar-refractivity contribution in [2.45, 2.75) is 26.8 Å². The second-order valence-electron chi connectivity index (χ2n) is 4.17. The van der Waals surface area contributed by atoms with Gasteiger partial charge >= 0.3 is 0 Å². The van der Waals surface area contributed by atoms with Crippen LogP contribution in [0.4, 0.5) is 5.82 Å². The zero-order chi connectivity index (χ0) is 11.5. The Bertz CT molecular complexity index is 349. The quantitative estimate of drug-likeness (QED) is 0.762. The van der Waals surface area contributed by atoms with E-state index in [0.717, 1.165) is 30.4 Å². The van der Waals surface area contributed by atoms with Crippen molar-refractivity contribution < 1.29 is 4.84 Å². The van der Waals surface area contributed by atoms with Crippen LogP contribution < -0.4 is 10.4 Å².